The van der Waals surface area contributed by atoms with Crippen LogP contribution in [-0.4, -0.2) is 24.3 Å². The van der Waals surface area contributed by atoms with Gasteiger partial charge in [0.1, 0.15) is 0 Å². The summed E-state index contributed by atoms with van der Waals surface area (Å²) in [4.78, 5) is 16.2. The van der Waals surface area contributed by atoms with Crippen LogP contribution in [0, 0.1) is 6.92 Å². The van der Waals surface area contributed by atoms with Gasteiger partial charge in [-0.1, -0.05) is 26.3 Å². The molecule has 1 aliphatic heterocycles. The Balaban J connectivity index is 1.91. The van der Waals surface area contributed by atoms with Gasteiger partial charge in [0.15, 0.2) is 0 Å². The van der Waals surface area contributed by atoms with E-state index < -0.39 is 0 Å². The van der Waals surface area contributed by atoms with Gasteiger partial charge in [0.25, 0.3) is 5.91 Å². The van der Waals surface area contributed by atoms with Crippen molar-refractivity contribution in [1.82, 2.24) is 5.32 Å². The standard InChI is InChI=1S/C14H17N2OP/c1-10-3-5-12(6-4-10)14(17)16-8-13-7-15-11(2)9-18-13/h3-7,18H,8-9H2,1-2H3,(H,16,17). The third-order valence-electron chi connectivity index (χ3n) is 2.77. The Bertz CT molecular complexity index is 503. The Kier molecular flexibility index (Phi) is 4.27. The van der Waals surface area contributed by atoms with Gasteiger partial charge >= 0.3 is 0 Å². The minimum atomic E-state index is -0.0213. The van der Waals surface area contributed by atoms with Gasteiger partial charge < -0.3 is 5.32 Å². The number of aryl methyl sites for hydroxylation is 1. The maximum atomic E-state index is 11.9. The van der Waals surface area contributed by atoms with Crippen LogP contribution in [0.25, 0.3) is 0 Å². The third kappa shape index (κ3) is 3.51. The molecule has 0 aromatic heterocycles. The Labute approximate surface area is 109 Å². The lowest BCUT2D eigenvalue weighted by Gasteiger charge is -2.12. The zero-order valence-corrected chi connectivity index (χ0v) is 11.7. The number of rotatable bonds is 3. The first-order valence-corrected chi connectivity index (χ1v) is 7.17. The van der Waals surface area contributed by atoms with Crippen LogP contribution < -0.4 is 5.32 Å². The molecule has 1 heterocycles. The van der Waals surface area contributed by atoms with E-state index in [9.17, 15) is 4.79 Å². The molecule has 1 aromatic carbocycles. The zero-order chi connectivity index (χ0) is 13.0. The largest absolute Gasteiger partial charge is 0.348 e. The van der Waals surface area contributed by atoms with Gasteiger partial charge in [-0.05, 0) is 31.3 Å². The molecule has 3 nitrogen and oxygen atoms in total. The van der Waals surface area contributed by atoms with Crippen molar-refractivity contribution in [3.63, 3.8) is 0 Å². The first kappa shape index (κ1) is 13.0. The Morgan fingerprint density at radius 3 is 2.67 bits per heavy atom. The molecular formula is C14H17N2OP. The molecule has 0 bridgehead atoms. The molecule has 2 rings (SSSR count). The van der Waals surface area contributed by atoms with E-state index in [2.05, 4.69) is 10.3 Å². The second kappa shape index (κ2) is 5.92. The number of nitrogens with one attached hydrogen (secondary N) is 1. The number of amides is 1. The number of hydrogen-bond acceptors (Lipinski definition) is 2. The van der Waals surface area contributed by atoms with Crippen molar-refractivity contribution in [2.24, 2.45) is 4.99 Å². The van der Waals surface area contributed by atoms with E-state index in [-0.39, 0.29) is 5.91 Å². The summed E-state index contributed by atoms with van der Waals surface area (Å²) in [6, 6.07) is 7.60. The first-order chi connectivity index (χ1) is 8.65. The van der Waals surface area contributed by atoms with Crippen LogP contribution in [0.1, 0.15) is 22.8 Å². The monoisotopic (exact) mass is 260 g/mol. The first-order valence-electron chi connectivity index (χ1n) is 5.96. The SMILES string of the molecule is CC1=NC=C(CNC(=O)c2ccc(C)cc2)PC1. The molecule has 0 saturated heterocycles. The fourth-order valence-electron chi connectivity index (χ4n) is 1.61. The Morgan fingerprint density at radius 2 is 2.06 bits per heavy atom. The minimum Gasteiger partial charge on any atom is -0.348 e. The van der Waals surface area contributed by atoms with E-state index >= 15 is 0 Å². The average Bonchev–Trinajstić information content (AvgIpc) is 2.38. The molecule has 1 aliphatic rings. The number of carbonyl (C=O) groups is 1. The van der Waals surface area contributed by atoms with E-state index in [1.165, 1.54) is 11.0 Å². The van der Waals surface area contributed by atoms with Crippen molar-refractivity contribution >= 4 is 20.2 Å². The predicted octanol–water partition coefficient (Wildman–Crippen LogP) is 2.72. The second-order valence-electron chi connectivity index (χ2n) is 4.42. The van der Waals surface area contributed by atoms with Gasteiger partial charge in [-0.2, -0.15) is 0 Å². The number of aliphatic imine (C=N–C) groups is 1. The average molecular weight is 260 g/mol. The topological polar surface area (TPSA) is 41.5 Å². The molecule has 1 atom stereocenters. The lowest BCUT2D eigenvalue weighted by molar-refractivity contribution is 0.0957. The Morgan fingerprint density at radius 1 is 1.33 bits per heavy atom. The fraction of sp³-hybridized carbons (Fsp3) is 0.286. The van der Waals surface area contributed by atoms with Crippen LogP contribution in [-0.2, 0) is 0 Å². The molecule has 1 unspecified atom stereocenters. The smallest absolute Gasteiger partial charge is 0.251 e. The van der Waals surface area contributed by atoms with Crippen LogP contribution >= 0.6 is 8.58 Å². The van der Waals surface area contributed by atoms with Crippen LogP contribution in [0.15, 0.2) is 40.8 Å². The molecule has 0 spiro atoms. The maximum absolute atomic E-state index is 11.9. The summed E-state index contributed by atoms with van der Waals surface area (Å²) in [5.74, 6) is -0.0213. The molecule has 0 aliphatic carbocycles. The van der Waals surface area contributed by atoms with Gasteiger partial charge in [-0.3, -0.25) is 9.79 Å². The van der Waals surface area contributed by atoms with E-state index in [1.54, 1.807) is 0 Å². The van der Waals surface area contributed by atoms with Crippen LogP contribution in [0.3, 0.4) is 0 Å². The minimum absolute atomic E-state index is 0.0213. The van der Waals surface area contributed by atoms with Crippen molar-refractivity contribution in [3.05, 3.63) is 46.9 Å². The van der Waals surface area contributed by atoms with Crippen molar-refractivity contribution < 1.29 is 4.79 Å². The molecule has 4 heteroatoms. The summed E-state index contributed by atoms with van der Waals surface area (Å²) in [5.41, 5.74) is 3.04. The highest BCUT2D eigenvalue weighted by molar-refractivity contribution is 7.44. The summed E-state index contributed by atoms with van der Waals surface area (Å²) in [7, 11) is 0.744. The number of hydrogen-bond donors (Lipinski definition) is 1. The lowest BCUT2D eigenvalue weighted by atomic mass is 10.1. The zero-order valence-electron chi connectivity index (χ0n) is 10.7. The summed E-state index contributed by atoms with van der Waals surface area (Å²) in [6.07, 6.45) is 2.90. The molecular weight excluding hydrogens is 243 g/mol. The lowest BCUT2D eigenvalue weighted by Crippen LogP contribution is -2.25. The van der Waals surface area contributed by atoms with Crippen molar-refractivity contribution in [1.29, 1.82) is 0 Å². The summed E-state index contributed by atoms with van der Waals surface area (Å²) in [5, 5.41) is 4.14. The van der Waals surface area contributed by atoms with Crippen molar-refractivity contribution in [3.8, 4) is 0 Å². The van der Waals surface area contributed by atoms with Gasteiger partial charge in [-0.15, -0.1) is 0 Å². The summed E-state index contributed by atoms with van der Waals surface area (Å²) < 4.78 is 0. The normalized spacial score (nSPS) is 16.1. The second-order valence-corrected chi connectivity index (χ2v) is 5.77. The number of nitrogens with zero attached hydrogens (tertiary/aromatic N) is 1. The number of benzene rings is 1. The maximum Gasteiger partial charge on any atom is 0.251 e. The van der Waals surface area contributed by atoms with Gasteiger partial charge in [-0.25, -0.2) is 0 Å². The van der Waals surface area contributed by atoms with E-state index in [4.69, 9.17) is 0 Å². The van der Waals surface area contributed by atoms with E-state index in [0.717, 1.165) is 20.3 Å². The molecule has 0 saturated carbocycles. The predicted molar refractivity (Wildman–Crippen MR) is 77.9 cm³/mol. The van der Waals surface area contributed by atoms with Crippen LogP contribution in [0.4, 0.5) is 0 Å². The quantitative estimate of drug-likeness (QED) is 0.834. The molecule has 1 aromatic rings. The highest BCUT2D eigenvalue weighted by Gasteiger charge is 2.08. The summed E-state index contributed by atoms with van der Waals surface area (Å²) >= 11 is 0. The molecule has 1 amide bonds. The van der Waals surface area contributed by atoms with Gasteiger partial charge in [0.05, 0.1) is 0 Å². The molecule has 0 radical (unpaired) electrons. The molecule has 94 valence electrons. The highest BCUT2D eigenvalue weighted by Crippen LogP contribution is 2.26. The van der Waals surface area contributed by atoms with Crippen molar-refractivity contribution in [2.45, 2.75) is 13.8 Å². The molecule has 1 N–H and O–H groups in total. The van der Waals surface area contributed by atoms with Crippen molar-refractivity contribution in [2.75, 3.05) is 12.7 Å². The fourth-order valence-corrected chi connectivity index (χ4v) is 2.55. The highest BCUT2D eigenvalue weighted by atomic mass is 31.1. The van der Waals surface area contributed by atoms with Gasteiger partial charge in [0.2, 0.25) is 0 Å². The summed E-state index contributed by atoms with van der Waals surface area (Å²) in [6.45, 7) is 4.64. The van der Waals surface area contributed by atoms with E-state index in [0.29, 0.717) is 12.1 Å². The third-order valence-corrected chi connectivity index (χ3v) is 4.21. The van der Waals surface area contributed by atoms with Gasteiger partial charge in [0, 0.05) is 30.2 Å². The molecule has 0 fully saturated rings. The Hall–Kier alpha value is -1.47. The van der Waals surface area contributed by atoms with Crippen LogP contribution in [0.2, 0.25) is 0 Å². The molecule has 18 heavy (non-hydrogen) atoms. The van der Waals surface area contributed by atoms with E-state index in [1.807, 2.05) is 44.3 Å². The van der Waals surface area contributed by atoms with Crippen LogP contribution in [0.5, 0.6) is 0 Å². The number of carbonyl (C=O) groups excluding carboxylic acids is 1.